The number of pyridine rings is 1. The van der Waals surface area contributed by atoms with E-state index in [0.29, 0.717) is 23.5 Å². The Bertz CT molecular complexity index is 838. The predicted octanol–water partition coefficient (Wildman–Crippen LogP) is 3.12. The molecule has 1 atom stereocenters. The summed E-state index contributed by atoms with van der Waals surface area (Å²) < 4.78 is 5.77. The number of aliphatic hydroxyl groups is 1. The van der Waals surface area contributed by atoms with Crippen LogP contribution in [0, 0.1) is 0 Å². The van der Waals surface area contributed by atoms with Crippen LogP contribution in [0.3, 0.4) is 0 Å². The van der Waals surface area contributed by atoms with E-state index >= 15 is 0 Å². The molecule has 0 aliphatic heterocycles. The third-order valence-corrected chi connectivity index (χ3v) is 3.89. The van der Waals surface area contributed by atoms with Crippen LogP contribution in [0.2, 0.25) is 0 Å². The molecule has 2 N–H and O–H groups in total. The van der Waals surface area contributed by atoms with Crippen LogP contribution in [0.4, 0.5) is 0 Å². The largest absolute Gasteiger partial charge is 0.489 e. The highest BCUT2D eigenvalue weighted by Gasteiger charge is 2.11. The smallest absolute Gasteiger partial charge is 0.251 e. The van der Waals surface area contributed by atoms with Gasteiger partial charge in [-0.15, -0.1) is 0 Å². The van der Waals surface area contributed by atoms with Crippen LogP contribution in [0.5, 0.6) is 5.75 Å². The summed E-state index contributed by atoms with van der Waals surface area (Å²) in [5.74, 6) is 0.425. The van der Waals surface area contributed by atoms with Gasteiger partial charge in [-0.25, -0.2) is 0 Å². The molecule has 0 radical (unpaired) electrons. The van der Waals surface area contributed by atoms with Gasteiger partial charge in [-0.2, -0.15) is 0 Å². The standard InChI is InChI=1S/C21H20N2O3/c24-20(14-23-21(25)17-9-11-22-12-10-17)18-7-4-8-19(13-18)26-15-16-5-2-1-3-6-16/h1-13,20,24H,14-15H2,(H,23,25)/t20-/m0/s1. The second kappa shape index (κ2) is 8.78. The first-order valence-electron chi connectivity index (χ1n) is 8.35. The second-order valence-corrected chi connectivity index (χ2v) is 5.81. The Labute approximate surface area is 152 Å². The molecular weight excluding hydrogens is 328 g/mol. The number of carbonyl (C=O) groups excluding carboxylic acids is 1. The summed E-state index contributed by atoms with van der Waals surface area (Å²) in [5.41, 5.74) is 2.26. The Morgan fingerprint density at radius 2 is 1.81 bits per heavy atom. The lowest BCUT2D eigenvalue weighted by atomic mass is 10.1. The molecule has 0 spiro atoms. The van der Waals surface area contributed by atoms with Crippen LogP contribution in [-0.4, -0.2) is 22.5 Å². The van der Waals surface area contributed by atoms with E-state index in [4.69, 9.17) is 4.74 Å². The molecule has 0 saturated carbocycles. The van der Waals surface area contributed by atoms with Crippen LogP contribution < -0.4 is 10.1 Å². The molecule has 0 fully saturated rings. The third kappa shape index (κ3) is 4.91. The Kier molecular flexibility index (Phi) is 5.96. The highest BCUT2D eigenvalue weighted by atomic mass is 16.5. The van der Waals surface area contributed by atoms with Crippen LogP contribution in [0.25, 0.3) is 0 Å². The molecular formula is C21H20N2O3. The zero-order valence-electron chi connectivity index (χ0n) is 14.2. The van der Waals surface area contributed by atoms with Gasteiger partial charge in [-0.3, -0.25) is 9.78 Å². The summed E-state index contributed by atoms with van der Waals surface area (Å²) >= 11 is 0. The van der Waals surface area contributed by atoms with Crippen molar-refractivity contribution >= 4 is 5.91 Å². The molecule has 1 amide bonds. The summed E-state index contributed by atoms with van der Waals surface area (Å²) in [5, 5.41) is 13.1. The maximum atomic E-state index is 12.0. The van der Waals surface area contributed by atoms with E-state index in [9.17, 15) is 9.90 Å². The van der Waals surface area contributed by atoms with E-state index in [0.717, 1.165) is 5.56 Å². The highest BCUT2D eigenvalue weighted by Crippen LogP contribution is 2.20. The maximum absolute atomic E-state index is 12.0. The van der Waals surface area contributed by atoms with Gasteiger partial charge in [0.1, 0.15) is 12.4 Å². The zero-order valence-corrected chi connectivity index (χ0v) is 14.2. The van der Waals surface area contributed by atoms with Crippen molar-refractivity contribution in [2.24, 2.45) is 0 Å². The third-order valence-electron chi connectivity index (χ3n) is 3.89. The summed E-state index contributed by atoms with van der Waals surface area (Å²) in [6, 6.07) is 20.4. The number of rotatable bonds is 7. The molecule has 3 rings (SSSR count). The highest BCUT2D eigenvalue weighted by molar-refractivity contribution is 5.93. The van der Waals surface area contributed by atoms with Crippen LogP contribution in [-0.2, 0) is 6.61 Å². The number of amides is 1. The summed E-state index contributed by atoms with van der Waals surface area (Å²) in [6.45, 7) is 0.572. The van der Waals surface area contributed by atoms with Crippen LogP contribution >= 0.6 is 0 Å². The van der Waals surface area contributed by atoms with E-state index in [1.54, 1.807) is 36.7 Å². The molecule has 5 heteroatoms. The van der Waals surface area contributed by atoms with Gasteiger partial charge in [-0.05, 0) is 35.4 Å². The molecule has 0 bridgehead atoms. The van der Waals surface area contributed by atoms with Crippen molar-refractivity contribution in [2.45, 2.75) is 12.7 Å². The van der Waals surface area contributed by atoms with Gasteiger partial charge in [-0.1, -0.05) is 42.5 Å². The fraction of sp³-hybridized carbons (Fsp3) is 0.143. The Hall–Kier alpha value is -3.18. The molecule has 26 heavy (non-hydrogen) atoms. The van der Waals surface area contributed by atoms with Gasteiger partial charge in [0.2, 0.25) is 0 Å². The summed E-state index contributed by atoms with van der Waals surface area (Å²) in [6.07, 6.45) is 2.29. The van der Waals surface area contributed by atoms with Gasteiger partial charge >= 0.3 is 0 Å². The molecule has 0 aliphatic carbocycles. The number of hydrogen-bond donors (Lipinski definition) is 2. The van der Waals surface area contributed by atoms with Crippen LogP contribution in [0.1, 0.15) is 27.6 Å². The molecule has 5 nitrogen and oxygen atoms in total. The van der Waals surface area contributed by atoms with E-state index in [1.165, 1.54) is 0 Å². The number of ether oxygens (including phenoxy) is 1. The second-order valence-electron chi connectivity index (χ2n) is 5.81. The van der Waals surface area contributed by atoms with Crippen molar-refractivity contribution in [3.8, 4) is 5.75 Å². The van der Waals surface area contributed by atoms with Gasteiger partial charge in [0.15, 0.2) is 0 Å². The average Bonchev–Trinajstić information content (AvgIpc) is 2.72. The molecule has 1 aromatic heterocycles. The predicted molar refractivity (Wildman–Crippen MR) is 98.7 cm³/mol. The van der Waals surface area contributed by atoms with Gasteiger partial charge < -0.3 is 15.2 Å². The molecule has 0 aliphatic rings. The van der Waals surface area contributed by atoms with E-state index in [-0.39, 0.29) is 12.5 Å². The lowest BCUT2D eigenvalue weighted by Gasteiger charge is -2.14. The number of nitrogens with one attached hydrogen (secondary N) is 1. The number of hydrogen-bond acceptors (Lipinski definition) is 4. The number of aliphatic hydroxyl groups excluding tert-OH is 1. The molecule has 3 aromatic rings. The minimum Gasteiger partial charge on any atom is -0.489 e. The first-order valence-corrected chi connectivity index (χ1v) is 8.35. The normalized spacial score (nSPS) is 11.6. The number of nitrogens with zero attached hydrogens (tertiary/aromatic N) is 1. The first kappa shape index (κ1) is 17.6. The van der Waals surface area contributed by atoms with Gasteiger partial charge in [0.05, 0.1) is 6.10 Å². The van der Waals surface area contributed by atoms with E-state index in [1.807, 2.05) is 42.5 Å². The Balaban J connectivity index is 1.56. The van der Waals surface area contributed by atoms with Crippen molar-refractivity contribution in [3.05, 3.63) is 95.8 Å². The van der Waals surface area contributed by atoms with Gasteiger partial charge in [0, 0.05) is 24.5 Å². The zero-order chi connectivity index (χ0) is 18.2. The van der Waals surface area contributed by atoms with E-state index in [2.05, 4.69) is 10.3 Å². The Morgan fingerprint density at radius 1 is 1.04 bits per heavy atom. The van der Waals surface area contributed by atoms with Gasteiger partial charge in [0.25, 0.3) is 5.91 Å². The lowest BCUT2D eigenvalue weighted by Crippen LogP contribution is -2.28. The number of aromatic nitrogens is 1. The summed E-state index contributed by atoms with van der Waals surface area (Å²) in [7, 11) is 0. The molecule has 2 aromatic carbocycles. The lowest BCUT2D eigenvalue weighted by molar-refractivity contribution is 0.0916. The fourth-order valence-corrected chi connectivity index (χ4v) is 2.47. The molecule has 1 heterocycles. The van der Waals surface area contributed by atoms with Crippen molar-refractivity contribution in [1.29, 1.82) is 0 Å². The number of carbonyl (C=O) groups is 1. The quantitative estimate of drug-likeness (QED) is 0.688. The van der Waals surface area contributed by atoms with Crippen molar-refractivity contribution in [2.75, 3.05) is 6.54 Å². The molecule has 132 valence electrons. The topological polar surface area (TPSA) is 71.5 Å². The minimum atomic E-state index is -0.818. The number of benzene rings is 2. The van der Waals surface area contributed by atoms with Crippen molar-refractivity contribution in [3.63, 3.8) is 0 Å². The summed E-state index contributed by atoms with van der Waals surface area (Å²) in [4.78, 5) is 15.9. The Morgan fingerprint density at radius 3 is 2.58 bits per heavy atom. The monoisotopic (exact) mass is 348 g/mol. The molecule has 0 unspecified atom stereocenters. The average molecular weight is 348 g/mol. The first-order chi connectivity index (χ1) is 12.7. The fourth-order valence-electron chi connectivity index (χ4n) is 2.47. The van der Waals surface area contributed by atoms with Crippen LogP contribution in [0.15, 0.2) is 79.1 Å². The van der Waals surface area contributed by atoms with Crippen molar-refractivity contribution < 1.29 is 14.6 Å². The SMILES string of the molecule is O=C(NC[C@H](O)c1cccc(OCc2ccccc2)c1)c1ccncc1. The van der Waals surface area contributed by atoms with Crippen molar-refractivity contribution in [1.82, 2.24) is 10.3 Å². The maximum Gasteiger partial charge on any atom is 0.251 e. The molecule has 0 saturated heterocycles. The minimum absolute atomic E-state index is 0.114. The van der Waals surface area contributed by atoms with E-state index < -0.39 is 6.10 Å².